The molecule has 1 aromatic heterocycles. The second-order valence-corrected chi connectivity index (χ2v) is 10.8. The molecule has 4 aromatic rings. The Morgan fingerprint density at radius 3 is 2.57 bits per heavy atom. The van der Waals surface area contributed by atoms with E-state index >= 15 is 0 Å². The zero-order chi connectivity index (χ0) is 25.6. The van der Waals surface area contributed by atoms with E-state index in [9.17, 15) is 4.79 Å². The zero-order valence-electron chi connectivity index (χ0n) is 21.6. The van der Waals surface area contributed by atoms with E-state index < -0.39 is 0 Å². The maximum Gasteiger partial charge on any atom is 0.237 e. The highest BCUT2D eigenvalue weighted by atomic mass is 35.5. The highest BCUT2D eigenvalue weighted by Gasteiger charge is 2.26. The fraction of sp³-hybridized carbons (Fsp3) is 0.344. The van der Waals surface area contributed by atoms with Crippen LogP contribution in [0.15, 0.2) is 85.1 Å². The molecule has 0 spiro atoms. The molecule has 1 fully saturated rings. The lowest BCUT2D eigenvalue weighted by Crippen LogP contribution is -2.31. The van der Waals surface area contributed by atoms with Gasteiger partial charge in [0.15, 0.2) is 0 Å². The lowest BCUT2D eigenvalue weighted by molar-refractivity contribution is -0.126. The summed E-state index contributed by atoms with van der Waals surface area (Å²) in [5.41, 5.74) is 5.95. The molecule has 4 nitrogen and oxygen atoms in total. The number of hydrogen-bond donors (Lipinski definition) is 1. The zero-order valence-corrected chi connectivity index (χ0v) is 22.3. The minimum absolute atomic E-state index is 0.0120. The number of carbonyl (C=O) groups is 1. The molecule has 1 aliphatic rings. The summed E-state index contributed by atoms with van der Waals surface area (Å²) >= 11 is 6.59. The molecule has 37 heavy (non-hydrogen) atoms. The van der Waals surface area contributed by atoms with Crippen LogP contribution in [0.1, 0.15) is 53.9 Å². The molecule has 1 atom stereocenters. The Bertz CT molecular complexity index is 1330. The van der Waals surface area contributed by atoms with Crippen molar-refractivity contribution >= 4 is 28.6 Å². The van der Waals surface area contributed by atoms with Gasteiger partial charge in [0.25, 0.3) is 0 Å². The molecule has 192 valence electrons. The number of aryl methyl sites for hydroxylation is 1. The van der Waals surface area contributed by atoms with Gasteiger partial charge in [-0.2, -0.15) is 0 Å². The molecule has 1 saturated heterocycles. The molecule has 0 aliphatic carbocycles. The number of para-hydroxylation sites is 1. The lowest BCUT2D eigenvalue weighted by atomic mass is 9.87. The summed E-state index contributed by atoms with van der Waals surface area (Å²) < 4.78 is 3.75. The standard InChI is InChI=1S/C32H36ClN3O/c1-24-8-7-11-27(20-24)29(21-32(37)36(33)19-16-25-14-17-34-18-15-25)30-23-35(22-26-9-3-2-4-10-26)31-13-6-5-12-28(30)31/h2-13,20,23,25,29,34H,14-19,21-22H2,1H3. The van der Waals surface area contributed by atoms with Gasteiger partial charge in [-0.1, -0.05) is 78.4 Å². The fourth-order valence-electron chi connectivity index (χ4n) is 5.62. The predicted molar refractivity (Wildman–Crippen MR) is 153 cm³/mol. The smallest absolute Gasteiger partial charge is 0.237 e. The molecule has 5 rings (SSSR count). The maximum atomic E-state index is 13.5. The Balaban J connectivity index is 1.44. The van der Waals surface area contributed by atoms with Crippen molar-refractivity contribution in [1.82, 2.24) is 14.3 Å². The predicted octanol–water partition coefficient (Wildman–Crippen LogP) is 6.89. The molecule has 0 bridgehead atoms. The first kappa shape index (κ1) is 25.6. The van der Waals surface area contributed by atoms with Crippen LogP contribution >= 0.6 is 11.8 Å². The Kier molecular flexibility index (Phi) is 8.28. The van der Waals surface area contributed by atoms with Gasteiger partial charge in [0.2, 0.25) is 5.91 Å². The number of nitrogens with zero attached hydrogens (tertiary/aromatic N) is 2. The van der Waals surface area contributed by atoms with Gasteiger partial charge in [-0.3, -0.25) is 9.21 Å². The molecule has 1 N–H and O–H groups in total. The molecular weight excluding hydrogens is 478 g/mol. The number of benzene rings is 3. The van der Waals surface area contributed by atoms with Crippen molar-refractivity contribution in [2.24, 2.45) is 5.92 Å². The van der Waals surface area contributed by atoms with Crippen LogP contribution in [0.25, 0.3) is 10.9 Å². The van der Waals surface area contributed by atoms with Crippen LogP contribution in [-0.4, -0.2) is 34.5 Å². The largest absolute Gasteiger partial charge is 0.343 e. The first-order chi connectivity index (χ1) is 18.1. The Morgan fingerprint density at radius 2 is 1.78 bits per heavy atom. The molecule has 0 radical (unpaired) electrons. The summed E-state index contributed by atoms with van der Waals surface area (Å²) in [7, 11) is 0. The van der Waals surface area contributed by atoms with Crippen molar-refractivity contribution in [2.45, 2.75) is 45.1 Å². The van der Waals surface area contributed by atoms with Gasteiger partial charge in [-0.25, -0.2) is 0 Å². The molecule has 3 aromatic carbocycles. The quantitative estimate of drug-likeness (QED) is 0.247. The van der Waals surface area contributed by atoms with Gasteiger partial charge in [-0.15, -0.1) is 0 Å². The van der Waals surface area contributed by atoms with Gasteiger partial charge in [-0.05, 0) is 68.0 Å². The van der Waals surface area contributed by atoms with Gasteiger partial charge >= 0.3 is 0 Å². The van der Waals surface area contributed by atoms with Crippen LogP contribution in [0, 0.1) is 12.8 Å². The van der Waals surface area contributed by atoms with E-state index in [0.29, 0.717) is 18.9 Å². The second kappa shape index (κ2) is 12.0. The lowest BCUT2D eigenvalue weighted by Gasteiger charge is -2.25. The number of hydrogen-bond acceptors (Lipinski definition) is 2. The van der Waals surface area contributed by atoms with Crippen LogP contribution in [0.4, 0.5) is 0 Å². The second-order valence-electron chi connectivity index (χ2n) is 10.3. The minimum atomic E-state index is -0.0746. The van der Waals surface area contributed by atoms with Crippen LogP contribution in [0.5, 0.6) is 0 Å². The van der Waals surface area contributed by atoms with Crippen LogP contribution in [0.3, 0.4) is 0 Å². The van der Waals surface area contributed by atoms with Crippen molar-refractivity contribution in [3.05, 3.63) is 107 Å². The van der Waals surface area contributed by atoms with Crippen molar-refractivity contribution in [3.8, 4) is 0 Å². The third kappa shape index (κ3) is 6.26. The highest BCUT2D eigenvalue weighted by molar-refractivity contribution is 6.21. The number of carbonyl (C=O) groups excluding carboxylic acids is 1. The minimum Gasteiger partial charge on any atom is -0.343 e. The Hall–Kier alpha value is -3.08. The number of rotatable bonds is 9. The first-order valence-corrected chi connectivity index (χ1v) is 13.8. The molecular formula is C32H36ClN3O. The third-order valence-electron chi connectivity index (χ3n) is 7.68. The van der Waals surface area contributed by atoms with Crippen molar-refractivity contribution in [1.29, 1.82) is 0 Å². The molecule has 5 heteroatoms. The summed E-state index contributed by atoms with van der Waals surface area (Å²) in [6.07, 6.45) is 5.87. The SMILES string of the molecule is Cc1cccc(C(CC(=O)N(Cl)CCC2CCNCC2)c2cn(Cc3ccccc3)c3ccccc23)c1. The average molecular weight is 514 g/mol. The van der Waals surface area contributed by atoms with Gasteiger partial charge < -0.3 is 9.88 Å². The monoisotopic (exact) mass is 513 g/mol. The fourth-order valence-corrected chi connectivity index (χ4v) is 5.79. The summed E-state index contributed by atoms with van der Waals surface area (Å²) in [6, 6.07) is 27.6. The number of halogens is 1. The molecule has 1 aliphatic heterocycles. The number of aromatic nitrogens is 1. The average Bonchev–Trinajstić information content (AvgIpc) is 3.29. The summed E-state index contributed by atoms with van der Waals surface area (Å²) in [5, 5.41) is 4.60. The Labute approximate surface area is 225 Å². The molecule has 1 unspecified atom stereocenters. The van der Waals surface area contributed by atoms with Crippen molar-refractivity contribution < 1.29 is 4.79 Å². The van der Waals surface area contributed by atoms with E-state index in [2.05, 4.69) is 95.8 Å². The van der Waals surface area contributed by atoms with Gasteiger partial charge in [0.1, 0.15) is 0 Å². The molecule has 1 amide bonds. The Morgan fingerprint density at radius 1 is 1.03 bits per heavy atom. The van der Waals surface area contributed by atoms with Crippen LogP contribution in [0.2, 0.25) is 0 Å². The normalized spacial score (nSPS) is 15.1. The molecule has 2 heterocycles. The number of amides is 1. The van der Waals surface area contributed by atoms with E-state index in [-0.39, 0.29) is 11.8 Å². The van der Waals surface area contributed by atoms with Crippen molar-refractivity contribution in [3.63, 3.8) is 0 Å². The first-order valence-electron chi connectivity index (χ1n) is 13.4. The topological polar surface area (TPSA) is 37.3 Å². The van der Waals surface area contributed by atoms with E-state index in [1.165, 1.54) is 32.0 Å². The van der Waals surface area contributed by atoms with Gasteiger partial charge in [0, 0.05) is 54.3 Å². The number of nitrogens with one attached hydrogen (secondary N) is 1. The summed E-state index contributed by atoms with van der Waals surface area (Å²) in [6.45, 7) is 5.61. The van der Waals surface area contributed by atoms with E-state index in [1.54, 1.807) is 0 Å². The van der Waals surface area contributed by atoms with Crippen LogP contribution < -0.4 is 5.32 Å². The summed E-state index contributed by atoms with van der Waals surface area (Å²) in [5.74, 6) is 0.551. The van der Waals surface area contributed by atoms with Gasteiger partial charge in [0.05, 0.1) is 0 Å². The maximum absolute atomic E-state index is 13.5. The summed E-state index contributed by atoms with van der Waals surface area (Å²) in [4.78, 5) is 13.5. The van der Waals surface area contributed by atoms with E-state index in [1.807, 2.05) is 6.07 Å². The van der Waals surface area contributed by atoms with Crippen molar-refractivity contribution in [2.75, 3.05) is 19.6 Å². The van der Waals surface area contributed by atoms with Crippen LogP contribution in [-0.2, 0) is 11.3 Å². The third-order valence-corrected chi connectivity index (χ3v) is 8.03. The molecule has 0 saturated carbocycles. The highest BCUT2D eigenvalue weighted by Crippen LogP contribution is 2.36. The van der Waals surface area contributed by atoms with E-state index in [4.69, 9.17) is 11.8 Å². The number of piperidine rings is 1. The number of fused-ring (bicyclic) bond motifs is 1. The van der Waals surface area contributed by atoms with E-state index in [0.717, 1.165) is 44.5 Å².